The molecule has 0 amide bonds. The molecule has 0 radical (unpaired) electrons. The zero-order valence-corrected chi connectivity index (χ0v) is 24.1. The van der Waals surface area contributed by atoms with Crippen LogP contribution in [-0.2, 0) is 6.54 Å². The van der Waals surface area contributed by atoms with E-state index in [1.807, 2.05) is 87.7 Å². The highest BCUT2D eigenvalue weighted by molar-refractivity contribution is 9.10. The van der Waals surface area contributed by atoms with E-state index >= 15 is 0 Å². The summed E-state index contributed by atoms with van der Waals surface area (Å²) in [6.45, 7) is 10.3. The van der Waals surface area contributed by atoms with E-state index in [4.69, 9.17) is 9.47 Å². The molecule has 7 heteroatoms. The summed E-state index contributed by atoms with van der Waals surface area (Å²) >= 11 is 3.51. The molecule has 0 atom stereocenters. The molecule has 194 valence electrons. The molecule has 0 saturated heterocycles. The molecule has 1 N–H and O–H groups in total. The van der Waals surface area contributed by atoms with Crippen LogP contribution in [0, 0.1) is 18.3 Å². The molecule has 0 spiro atoms. The Kier molecular flexibility index (Phi) is 11.2. The number of aromatic nitrogens is 1. The minimum Gasteiger partial charge on any atom is -0.497 e. The minimum atomic E-state index is -0.143. The van der Waals surface area contributed by atoms with Crippen LogP contribution in [0.15, 0.2) is 65.3 Å². The Bertz CT molecular complexity index is 1400. The van der Waals surface area contributed by atoms with Crippen molar-refractivity contribution in [1.29, 1.82) is 5.26 Å². The highest BCUT2D eigenvalue weighted by Gasteiger charge is 2.18. The number of anilines is 1. The molecule has 37 heavy (non-hydrogen) atoms. The van der Waals surface area contributed by atoms with Crippen molar-refractivity contribution in [2.45, 2.75) is 41.2 Å². The van der Waals surface area contributed by atoms with E-state index in [2.05, 4.69) is 27.3 Å². The molecular formula is C30H34BrN3O3. The van der Waals surface area contributed by atoms with Gasteiger partial charge in [0.25, 0.3) is 0 Å². The van der Waals surface area contributed by atoms with Crippen molar-refractivity contribution in [1.82, 2.24) is 4.40 Å². The van der Waals surface area contributed by atoms with Gasteiger partial charge in [0.05, 0.1) is 36.7 Å². The number of ether oxygens (including phenoxy) is 2. The highest BCUT2D eigenvalue weighted by atomic mass is 79.9. The molecule has 0 saturated carbocycles. The molecule has 0 aliphatic heterocycles. The first kappa shape index (κ1) is 29.5. The lowest BCUT2D eigenvalue weighted by Gasteiger charge is -2.15. The Hall–Kier alpha value is -3.76. The van der Waals surface area contributed by atoms with Gasteiger partial charge in [0, 0.05) is 34.4 Å². The molecule has 2 aromatic carbocycles. The fourth-order valence-corrected chi connectivity index (χ4v) is 4.33. The van der Waals surface area contributed by atoms with E-state index in [1.54, 1.807) is 26.4 Å². The Balaban J connectivity index is 0.00000115. The summed E-state index contributed by atoms with van der Waals surface area (Å²) in [5.74, 6) is 1.25. The van der Waals surface area contributed by atoms with E-state index in [0.717, 1.165) is 21.1 Å². The highest BCUT2D eigenvalue weighted by Crippen LogP contribution is 2.29. The molecule has 0 aliphatic carbocycles. The largest absolute Gasteiger partial charge is 0.497 e. The second-order valence-corrected chi connectivity index (χ2v) is 8.37. The second-order valence-electron chi connectivity index (χ2n) is 7.52. The molecule has 2 heterocycles. The summed E-state index contributed by atoms with van der Waals surface area (Å²) < 4.78 is 13.5. The van der Waals surface area contributed by atoms with E-state index in [0.29, 0.717) is 40.6 Å². The van der Waals surface area contributed by atoms with Gasteiger partial charge in [-0.05, 0) is 76.9 Å². The van der Waals surface area contributed by atoms with Crippen LogP contribution in [0.4, 0.5) is 5.69 Å². The van der Waals surface area contributed by atoms with Crippen LogP contribution in [0.1, 0.15) is 60.4 Å². The number of aryl methyl sites for hydroxylation is 1. The summed E-state index contributed by atoms with van der Waals surface area (Å²) in [5, 5.41) is 13.1. The van der Waals surface area contributed by atoms with Crippen LogP contribution in [0.2, 0.25) is 0 Å². The van der Waals surface area contributed by atoms with E-state index < -0.39 is 0 Å². The molecule has 2 aromatic heterocycles. The maximum Gasteiger partial charge on any atom is 0.209 e. The van der Waals surface area contributed by atoms with Gasteiger partial charge in [-0.3, -0.25) is 4.79 Å². The van der Waals surface area contributed by atoms with Gasteiger partial charge < -0.3 is 19.2 Å². The van der Waals surface area contributed by atoms with E-state index in [1.165, 1.54) is 0 Å². The maximum atomic E-state index is 13.3. The zero-order valence-electron chi connectivity index (χ0n) is 22.5. The molecule has 0 bridgehead atoms. The lowest BCUT2D eigenvalue weighted by atomic mass is 9.99. The standard InChI is InChI=1S/C26H22BrN3O3.2C2H6/c1-16-11-18(26(31)23-9-8-22-21(27)5-4-10-30(22)23)12-19(14-28)25(16)29-15-17-6-7-20(32-2)13-24(17)33-3;2*1-2/h4-13,29H,15H2,1-3H3;2*1-2H3. The molecule has 4 aromatic rings. The Morgan fingerprint density at radius 3 is 2.41 bits per heavy atom. The van der Waals surface area contributed by atoms with Crippen LogP contribution in [-0.4, -0.2) is 24.4 Å². The van der Waals surface area contributed by atoms with Crippen molar-refractivity contribution in [2.75, 3.05) is 19.5 Å². The third-order valence-corrected chi connectivity index (χ3v) is 6.21. The minimum absolute atomic E-state index is 0.143. The average molecular weight is 565 g/mol. The molecule has 0 aliphatic rings. The van der Waals surface area contributed by atoms with Gasteiger partial charge >= 0.3 is 0 Å². The van der Waals surface area contributed by atoms with Gasteiger partial charge in [0.1, 0.15) is 17.6 Å². The van der Waals surface area contributed by atoms with Crippen molar-refractivity contribution in [3.8, 4) is 17.6 Å². The number of ketones is 1. The first-order valence-corrected chi connectivity index (χ1v) is 13.1. The lowest BCUT2D eigenvalue weighted by Crippen LogP contribution is -2.09. The fourth-order valence-electron chi connectivity index (χ4n) is 3.86. The van der Waals surface area contributed by atoms with Gasteiger partial charge in [-0.1, -0.05) is 27.7 Å². The number of rotatable bonds is 7. The summed E-state index contributed by atoms with van der Waals surface area (Å²) in [7, 11) is 3.21. The monoisotopic (exact) mass is 563 g/mol. The van der Waals surface area contributed by atoms with Gasteiger partial charge in [-0.15, -0.1) is 0 Å². The predicted octanol–water partition coefficient (Wildman–Crippen LogP) is 7.79. The average Bonchev–Trinajstić information content (AvgIpc) is 3.39. The van der Waals surface area contributed by atoms with Crippen molar-refractivity contribution in [3.05, 3.63) is 93.2 Å². The topological polar surface area (TPSA) is 75.8 Å². The summed E-state index contributed by atoms with van der Waals surface area (Å²) in [5.41, 5.74) is 4.75. The smallest absolute Gasteiger partial charge is 0.209 e. The van der Waals surface area contributed by atoms with E-state index in [-0.39, 0.29) is 5.78 Å². The zero-order chi connectivity index (χ0) is 27.5. The third-order valence-electron chi connectivity index (χ3n) is 5.54. The number of nitriles is 1. The molecule has 0 unspecified atom stereocenters. The third kappa shape index (κ3) is 6.52. The number of nitrogens with one attached hydrogen (secondary N) is 1. The number of hydrogen-bond acceptors (Lipinski definition) is 5. The number of benzene rings is 2. The van der Waals surface area contributed by atoms with Crippen LogP contribution >= 0.6 is 15.9 Å². The van der Waals surface area contributed by atoms with Crippen LogP contribution in [0.3, 0.4) is 0 Å². The van der Waals surface area contributed by atoms with Crippen molar-refractivity contribution < 1.29 is 14.3 Å². The van der Waals surface area contributed by atoms with Crippen molar-refractivity contribution in [2.24, 2.45) is 0 Å². The van der Waals surface area contributed by atoms with Gasteiger partial charge in [0.15, 0.2) is 0 Å². The number of fused-ring (bicyclic) bond motifs is 1. The van der Waals surface area contributed by atoms with Gasteiger partial charge in [-0.25, -0.2) is 0 Å². The quantitative estimate of drug-likeness (QED) is 0.232. The molecular weight excluding hydrogens is 530 g/mol. The van der Waals surface area contributed by atoms with Gasteiger partial charge in [-0.2, -0.15) is 5.26 Å². The second kappa shape index (κ2) is 14.1. The SMILES string of the molecule is CC.CC.COc1ccc(CNc2c(C)cc(C(=O)c3ccc4c(Br)cccn34)cc2C#N)c(OC)c1. The first-order chi connectivity index (χ1) is 18.0. The van der Waals surface area contributed by atoms with Gasteiger partial charge in [0.2, 0.25) is 5.78 Å². The molecule has 4 rings (SSSR count). The number of nitrogens with zero attached hydrogens (tertiary/aromatic N) is 2. The Labute approximate surface area is 228 Å². The molecule has 6 nitrogen and oxygen atoms in total. The van der Waals surface area contributed by atoms with Crippen molar-refractivity contribution in [3.63, 3.8) is 0 Å². The van der Waals surface area contributed by atoms with Crippen LogP contribution < -0.4 is 14.8 Å². The summed E-state index contributed by atoms with van der Waals surface area (Å²) in [6, 6.07) is 18.8. The predicted molar refractivity (Wildman–Crippen MR) is 154 cm³/mol. The number of pyridine rings is 1. The Morgan fingerprint density at radius 2 is 1.76 bits per heavy atom. The summed E-state index contributed by atoms with van der Waals surface area (Å²) in [4.78, 5) is 13.3. The fraction of sp³-hybridized carbons (Fsp3) is 0.267. The van der Waals surface area contributed by atoms with Crippen molar-refractivity contribution >= 4 is 32.9 Å². The molecule has 0 fully saturated rings. The van der Waals surface area contributed by atoms with E-state index in [9.17, 15) is 10.1 Å². The number of carbonyl (C=O) groups excluding carboxylic acids is 1. The summed E-state index contributed by atoms with van der Waals surface area (Å²) in [6.07, 6.45) is 1.85. The van der Waals surface area contributed by atoms with Crippen LogP contribution in [0.25, 0.3) is 5.52 Å². The van der Waals surface area contributed by atoms with Crippen LogP contribution in [0.5, 0.6) is 11.5 Å². The number of halogens is 1. The number of carbonyl (C=O) groups is 1. The number of hydrogen-bond donors (Lipinski definition) is 1. The number of methoxy groups -OCH3 is 2. The normalized spacial score (nSPS) is 9.81. The Morgan fingerprint density at radius 1 is 1.03 bits per heavy atom. The maximum absolute atomic E-state index is 13.3. The lowest BCUT2D eigenvalue weighted by molar-refractivity contribution is 0.103. The first-order valence-electron chi connectivity index (χ1n) is 12.3.